The zero-order valence-electron chi connectivity index (χ0n) is 9.82. The summed E-state index contributed by atoms with van der Waals surface area (Å²) < 4.78 is 5.59. The van der Waals surface area contributed by atoms with Crippen molar-refractivity contribution in [2.45, 2.75) is 19.3 Å². The lowest BCUT2D eigenvalue weighted by Crippen LogP contribution is -2.19. The second kappa shape index (κ2) is 9.19. The molecule has 1 aromatic carbocycles. The van der Waals surface area contributed by atoms with Crippen LogP contribution in [0, 0.1) is 0 Å². The van der Waals surface area contributed by atoms with Gasteiger partial charge in [-0.15, -0.1) is 0 Å². The Hall–Kier alpha value is -1.06. The van der Waals surface area contributed by atoms with Crippen LogP contribution in [0.1, 0.15) is 19.3 Å². The standard InChI is InChI=1S/C13H22N2O/c14-9-6-11-15-10-4-5-12-16-13-7-2-1-3-8-13/h1-3,7-8,15H,4-6,9-12,14H2. The van der Waals surface area contributed by atoms with Crippen LogP contribution in [-0.4, -0.2) is 26.2 Å². The zero-order chi connectivity index (χ0) is 11.5. The highest BCUT2D eigenvalue weighted by atomic mass is 16.5. The smallest absolute Gasteiger partial charge is 0.119 e. The number of nitrogens with one attached hydrogen (secondary N) is 1. The molecule has 0 radical (unpaired) electrons. The number of benzene rings is 1. The van der Waals surface area contributed by atoms with E-state index >= 15 is 0 Å². The first kappa shape index (κ1) is 13.0. The molecule has 3 heteroatoms. The van der Waals surface area contributed by atoms with E-state index < -0.39 is 0 Å². The third-order valence-electron chi connectivity index (χ3n) is 2.32. The predicted octanol–water partition coefficient (Wildman–Crippen LogP) is 1.78. The van der Waals surface area contributed by atoms with Crippen molar-refractivity contribution in [1.82, 2.24) is 5.32 Å². The van der Waals surface area contributed by atoms with Crippen LogP contribution in [0.15, 0.2) is 30.3 Å². The molecule has 0 aromatic heterocycles. The average molecular weight is 222 g/mol. The minimum absolute atomic E-state index is 0.768. The van der Waals surface area contributed by atoms with Gasteiger partial charge in [-0.25, -0.2) is 0 Å². The maximum Gasteiger partial charge on any atom is 0.119 e. The van der Waals surface area contributed by atoms with Gasteiger partial charge in [-0.1, -0.05) is 18.2 Å². The van der Waals surface area contributed by atoms with Crippen molar-refractivity contribution in [3.05, 3.63) is 30.3 Å². The fraction of sp³-hybridized carbons (Fsp3) is 0.538. The van der Waals surface area contributed by atoms with E-state index in [2.05, 4.69) is 5.32 Å². The van der Waals surface area contributed by atoms with E-state index in [9.17, 15) is 0 Å². The zero-order valence-corrected chi connectivity index (χ0v) is 9.82. The van der Waals surface area contributed by atoms with Crippen molar-refractivity contribution >= 4 is 0 Å². The number of rotatable bonds is 9. The van der Waals surface area contributed by atoms with Gasteiger partial charge in [-0.2, -0.15) is 0 Å². The van der Waals surface area contributed by atoms with E-state index in [1.165, 1.54) is 0 Å². The van der Waals surface area contributed by atoms with Crippen LogP contribution in [0.25, 0.3) is 0 Å². The third-order valence-corrected chi connectivity index (χ3v) is 2.32. The SMILES string of the molecule is NCCCNCCCCOc1ccccc1. The molecular formula is C13H22N2O. The summed E-state index contributed by atoms with van der Waals surface area (Å²) in [4.78, 5) is 0. The van der Waals surface area contributed by atoms with Gasteiger partial charge in [0.05, 0.1) is 6.61 Å². The number of hydrogen-bond donors (Lipinski definition) is 2. The topological polar surface area (TPSA) is 47.3 Å². The molecule has 0 fully saturated rings. The van der Waals surface area contributed by atoms with E-state index in [-0.39, 0.29) is 0 Å². The summed E-state index contributed by atoms with van der Waals surface area (Å²) in [6, 6.07) is 9.95. The molecule has 0 heterocycles. The molecule has 0 aliphatic carbocycles. The van der Waals surface area contributed by atoms with Gasteiger partial charge in [0, 0.05) is 0 Å². The average Bonchev–Trinajstić information content (AvgIpc) is 2.34. The van der Waals surface area contributed by atoms with Crippen molar-refractivity contribution < 1.29 is 4.74 Å². The molecule has 0 amide bonds. The van der Waals surface area contributed by atoms with Gasteiger partial charge >= 0.3 is 0 Å². The fourth-order valence-electron chi connectivity index (χ4n) is 1.41. The summed E-state index contributed by atoms with van der Waals surface area (Å²) in [5.74, 6) is 0.957. The van der Waals surface area contributed by atoms with Crippen LogP contribution >= 0.6 is 0 Å². The highest BCUT2D eigenvalue weighted by Gasteiger charge is 1.92. The summed E-state index contributed by atoms with van der Waals surface area (Å²) in [7, 11) is 0. The predicted molar refractivity (Wildman–Crippen MR) is 67.7 cm³/mol. The van der Waals surface area contributed by atoms with Gasteiger partial charge in [-0.05, 0) is 51.0 Å². The van der Waals surface area contributed by atoms with Crippen molar-refractivity contribution in [1.29, 1.82) is 0 Å². The molecule has 0 bridgehead atoms. The minimum atomic E-state index is 0.768. The Kier molecular flexibility index (Phi) is 7.47. The van der Waals surface area contributed by atoms with Gasteiger partial charge in [-0.3, -0.25) is 0 Å². The number of nitrogens with two attached hydrogens (primary N) is 1. The van der Waals surface area contributed by atoms with Gasteiger partial charge in [0.25, 0.3) is 0 Å². The summed E-state index contributed by atoms with van der Waals surface area (Å²) in [6.45, 7) is 3.64. The molecule has 0 atom stereocenters. The highest BCUT2D eigenvalue weighted by Crippen LogP contribution is 2.08. The van der Waals surface area contributed by atoms with Crippen molar-refractivity contribution in [3.63, 3.8) is 0 Å². The molecule has 90 valence electrons. The largest absolute Gasteiger partial charge is 0.494 e. The highest BCUT2D eigenvalue weighted by molar-refractivity contribution is 5.20. The Morgan fingerprint density at radius 3 is 2.50 bits per heavy atom. The van der Waals surface area contributed by atoms with Crippen molar-refractivity contribution in [3.8, 4) is 5.75 Å². The molecule has 0 aliphatic heterocycles. The normalized spacial score (nSPS) is 10.3. The van der Waals surface area contributed by atoms with Gasteiger partial charge in [0.15, 0.2) is 0 Å². The Bertz CT molecular complexity index is 251. The summed E-state index contributed by atoms with van der Waals surface area (Å²) in [5, 5.41) is 3.35. The second-order valence-corrected chi connectivity index (χ2v) is 3.76. The van der Waals surface area contributed by atoms with E-state index in [0.29, 0.717) is 0 Å². The van der Waals surface area contributed by atoms with Gasteiger partial charge in [0.2, 0.25) is 0 Å². The van der Waals surface area contributed by atoms with Crippen molar-refractivity contribution in [2.75, 3.05) is 26.2 Å². The first-order valence-corrected chi connectivity index (χ1v) is 6.02. The second-order valence-electron chi connectivity index (χ2n) is 3.76. The Morgan fingerprint density at radius 1 is 1.00 bits per heavy atom. The van der Waals surface area contributed by atoms with E-state index in [0.717, 1.165) is 51.3 Å². The summed E-state index contributed by atoms with van der Waals surface area (Å²) in [5.41, 5.74) is 5.40. The molecule has 0 saturated carbocycles. The van der Waals surface area contributed by atoms with Gasteiger partial charge in [0.1, 0.15) is 5.75 Å². The molecule has 0 saturated heterocycles. The van der Waals surface area contributed by atoms with Crippen LogP contribution in [0.2, 0.25) is 0 Å². The van der Waals surface area contributed by atoms with E-state index in [1.807, 2.05) is 30.3 Å². The number of unbranched alkanes of at least 4 members (excludes halogenated alkanes) is 1. The quantitative estimate of drug-likeness (QED) is 0.626. The lowest BCUT2D eigenvalue weighted by molar-refractivity contribution is 0.306. The molecule has 0 aliphatic rings. The Balaban J connectivity index is 1.89. The monoisotopic (exact) mass is 222 g/mol. The lowest BCUT2D eigenvalue weighted by atomic mass is 10.3. The Morgan fingerprint density at radius 2 is 1.75 bits per heavy atom. The minimum Gasteiger partial charge on any atom is -0.494 e. The third kappa shape index (κ3) is 6.43. The van der Waals surface area contributed by atoms with Crippen LogP contribution in [-0.2, 0) is 0 Å². The number of para-hydroxylation sites is 1. The first-order chi connectivity index (χ1) is 7.93. The molecule has 3 nitrogen and oxygen atoms in total. The number of hydrogen-bond acceptors (Lipinski definition) is 3. The summed E-state index contributed by atoms with van der Waals surface area (Å²) >= 11 is 0. The molecule has 3 N–H and O–H groups in total. The van der Waals surface area contributed by atoms with Crippen LogP contribution in [0.5, 0.6) is 5.75 Å². The van der Waals surface area contributed by atoms with E-state index in [4.69, 9.17) is 10.5 Å². The van der Waals surface area contributed by atoms with Crippen molar-refractivity contribution in [2.24, 2.45) is 5.73 Å². The molecular weight excluding hydrogens is 200 g/mol. The van der Waals surface area contributed by atoms with Gasteiger partial charge < -0.3 is 15.8 Å². The molecule has 0 spiro atoms. The first-order valence-electron chi connectivity index (χ1n) is 6.02. The van der Waals surface area contributed by atoms with E-state index in [1.54, 1.807) is 0 Å². The molecule has 1 rings (SSSR count). The van der Waals surface area contributed by atoms with Crippen LogP contribution < -0.4 is 15.8 Å². The maximum absolute atomic E-state index is 5.59. The molecule has 0 unspecified atom stereocenters. The molecule has 1 aromatic rings. The Labute approximate surface area is 98.0 Å². The maximum atomic E-state index is 5.59. The number of ether oxygens (including phenoxy) is 1. The van der Waals surface area contributed by atoms with Crippen LogP contribution in [0.3, 0.4) is 0 Å². The molecule has 16 heavy (non-hydrogen) atoms. The lowest BCUT2D eigenvalue weighted by Gasteiger charge is -2.06. The summed E-state index contributed by atoms with van der Waals surface area (Å²) in [6.07, 6.45) is 3.29. The fourth-order valence-corrected chi connectivity index (χ4v) is 1.41. The van der Waals surface area contributed by atoms with Crippen LogP contribution in [0.4, 0.5) is 0 Å².